The third kappa shape index (κ3) is 3.94. The predicted molar refractivity (Wildman–Crippen MR) is 127 cm³/mol. The quantitative estimate of drug-likeness (QED) is 0.330. The van der Waals surface area contributed by atoms with Crippen molar-refractivity contribution < 1.29 is 28.6 Å². The number of nitrogens with zero attached hydrogens (tertiary/aromatic N) is 1. The van der Waals surface area contributed by atoms with Crippen LogP contribution in [0.4, 0.5) is 11.4 Å². The van der Waals surface area contributed by atoms with Gasteiger partial charge in [0.25, 0.3) is 11.7 Å². The van der Waals surface area contributed by atoms with Crippen LogP contribution in [0, 0.1) is 13.8 Å². The molecule has 2 N–H and O–H groups in total. The predicted octanol–water partition coefficient (Wildman–Crippen LogP) is 4.49. The molecule has 2 amide bonds. The van der Waals surface area contributed by atoms with Crippen molar-refractivity contribution in [1.82, 2.24) is 0 Å². The minimum atomic E-state index is -0.993. The van der Waals surface area contributed by atoms with E-state index in [9.17, 15) is 19.5 Å². The summed E-state index contributed by atoms with van der Waals surface area (Å²) in [7, 11) is 1.48. The van der Waals surface area contributed by atoms with Gasteiger partial charge < -0.3 is 19.6 Å². The molecule has 1 fully saturated rings. The molecule has 174 valence electrons. The van der Waals surface area contributed by atoms with Gasteiger partial charge in [0.05, 0.1) is 24.5 Å². The molecule has 1 aliphatic rings. The van der Waals surface area contributed by atoms with Crippen LogP contribution in [0.2, 0.25) is 0 Å². The molecule has 2 heterocycles. The fourth-order valence-corrected chi connectivity index (χ4v) is 4.27. The number of amides is 2. The SMILES string of the molecule is COc1c(C)cc(C)cc1/C(O)=C1/C(=O)C(=O)N(c2ccc(NC(C)=O)cc2)C1c1ccco1. The van der Waals surface area contributed by atoms with Crippen LogP contribution in [0.15, 0.2) is 64.8 Å². The van der Waals surface area contributed by atoms with Crippen molar-refractivity contribution in [2.45, 2.75) is 26.8 Å². The first-order valence-electron chi connectivity index (χ1n) is 10.6. The standard InChI is InChI=1S/C26H24N2O6/c1-14-12-15(2)25(33-4)19(13-14)23(30)21-22(20-6-5-11-34-20)28(26(32)24(21)31)18-9-7-17(8-10-18)27-16(3)29/h5-13,22,30H,1-4H3,(H,27,29)/b23-21-. The second-order valence-electron chi connectivity index (χ2n) is 8.08. The molecule has 1 aromatic heterocycles. The summed E-state index contributed by atoms with van der Waals surface area (Å²) in [6.45, 7) is 5.09. The van der Waals surface area contributed by atoms with E-state index in [2.05, 4.69) is 5.32 Å². The lowest BCUT2D eigenvalue weighted by Crippen LogP contribution is -2.29. The Bertz CT molecular complexity index is 1310. The van der Waals surface area contributed by atoms with Gasteiger partial charge in [0, 0.05) is 18.3 Å². The molecule has 3 aromatic rings. The van der Waals surface area contributed by atoms with Crippen molar-refractivity contribution in [2.24, 2.45) is 0 Å². The molecule has 0 aliphatic carbocycles. The van der Waals surface area contributed by atoms with Crippen molar-refractivity contribution in [2.75, 3.05) is 17.3 Å². The van der Waals surface area contributed by atoms with E-state index in [-0.39, 0.29) is 17.2 Å². The molecular weight excluding hydrogens is 436 g/mol. The smallest absolute Gasteiger partial charge is 0.300 e. The van der Waals surface area contributed by atoms with E-state index in [1.165, 1.54) is 25.2 Å². The number of hydrogen-bond donors (Lipinski definition) is 2. The number of anilines is 2. The Morgan fingerprint density at radius 2 is 1.82 bits per heavy atom. The molecule has 2 aromatic carbocycles. The van der Waals surface area contributed by atoms with E-state index in [0.29, 0.717) is 28.4 Å². The summed E-state index contributed by atoms with van der Waals surface area (Å²) >= 11 is 0. The van der Waals surface area contributed by atoms with Gasteiger partial charge in [-0.3, -0.25) is 19.3 Å². The van der Waals surface area contributed by atoms with Crippen molar-refractivity contribution in [3.8, 4) is 5.75 Å². The lowest BCUT2D eigenvalue weighted by atomic mass is 9.96. The van der Waals surface area contributed by atoms with Gasteiger partial charge in [0.2, 0.25) is 5.91 Å². The summed E-state index contributed by atoms with van der Waals surface area (Å²) in [5, 5.41) is 14.0. The third-order valence-corrected chi connectivity index (χ3v) is 5.60. The Balaban J connectivity index is 1.90. The number of aryl methyl sites for hydroxylation is 2. The zero-order chi connectivity index (χ0) is 24.6. The monoisotopic (exact) mass is 460 g/mol. The first-order valence-corrected chi connectivity index (χ1v) is 10.6. The Morgan fingerprint density at radius 3 is 2.41 bits per heavy atom. The number of Topliss-reactive ketones (excluding diaryl/α,β-unsaturated/α-hetero) is 1. The Hall–Kier alpha value is -4.33. The van der Waals surface area contributed by atoms with Crippen LogP contribution in [0.25, 0.3) is 5.76 Å². The van der Waals surface area contributed by atoms with E-state index in [0.717, 1.165) is 11.1 Å². The molecule has 4 rings (SSSR count). The lowest BCUT2D eigenvalue weighted by Gasteiger charge is -2.24. The lowest BCUT2D eigenvalue weighted by molar-refractivity contribution is -0.132. The van der Waals surface area contributed by atoms with Gasteiger partial charge in [-0.1, -0.05) is 6.07 Å². The van der Waals surface area contributed by atoms with Crippen LogP contribution < -0.4 is 15.0 Å². The number of aliphatic hydroxyl groups excluding tert-OH is 1. The number of nitrogens with one attached hydrogen (secondary N) is 1. The van der Waals surface area contributed by atoms with Crippen LogP contribution in [0.5, 0.6) is 5.75 Å². The zero-order valence-corrected chi connectivity index (χ0v) is 19.2. The first-order chi connectivity index (χ1) is 16.2. The van der Waals surface area contributed by atoms with E-state index in [1.807, 2.05) is 19.9 Å². The van der Waals surface area contributed by atoms with Gasteiger partial charge >= 0.3 is 0 Å². The molecule has 0 bridgehead atoms. The van der Waals surface area contributed by atoms with Gasteiger partial charge in [-0.2, -0.15) is 0 Å². The molecule has 1 saturated heterocycles. The summed E-state index contributed by atoms with van der Waals surface area (Å²) in [4.78, 5) is 39.0. The fourth-order valence-electron chi connectivity index (χ4n) is 4.27. The molecule has 0 saturated carbocycles. The molecule has 0 spiro atoms. The number of carbonyl (C=O) groups excluding carboxylic acids is 3. The van der Waals surface area contributed by atoms with Crippen LogP contribution >= 0.6 is 0 Å². The van der Waals surface area contributed by atoms with Gasteiger partial charge in [0.1, 0.15) is 23.3 Å². The van der Waals surface area contributed by atoms with Crippen LogP contribution in [-0.4, -0.2) is 29.8 Å². The number of ketones is 1. The maximum absolute atomic E-state index is 13.2. The van der Waals surface area contributed by atoms with E-state index in [4.69, 9.17) is 9.15 Å². The molecular formula is C26H24N2O6. The van der Waals surface area contributed by atoms with Gasteiger partial charge in [0.15, 0.2) is 0 Å². The number of furan rings is 1. The molecule has 1 aliphatic heterocycles. The highest BCUT2D eigenvalue weighted by Gasteiger charge is 2.48. The van der Waals surface area contributed by atoms with Crippen LogP contribution in [-0.2, 0) is 14.4 Å². The fraction of sp³-hybridized carbons (Fsp3) is 0.192. The molecule has 1 atom stereocenters. The number of hydrogen-bond acceptors (Lipinski definition) is 6. The number of ether oxygens (including phenoxy) is 1. The first kappa shape index (κ1) is 22.8. The molecule has 8 nitrogen and oxygen atoms in total. The molecule has 0 radical (unpaired) electrons. The number of rotatable bonds is 5. The van der Waals surface area contributed by atoms with Gasteiger partial charge in [-0.15, -0.1) is 0 Å². The zero-order valence-electron chi connectivity index (χ0n) is 19.2. The second-order valence-corrected chi connectivity index (χ2v) is 8.08. The normalized spacial score (nSPS) is 17.2. The second kappa shape index (κ2) is 8.90. The van der Waals surface area contributed by atoms with Crippen molar-refractivity contribution in [3.63, 3.8) is 0 Å². The number of methoxy groups -OCH3 is 1. The maximum Gasteiger partial charge on any atom is 0.300 e. The van der Waals surface area contributed by atoms with E-state index < -0.39 is 17.7 Å². The van der Waals surface area contributed by atoms with Crippen molar-refractivity contribution >= 4 is 34.7 Å². The highest BCUT2D eigenvalue weighted by molar-refractivity contribution is 6.51. The molecule has 1 unspecified atom stereocenters. The number of carbonyl (C=O) groups is 3. The molecule has 34 heavy (non-hydrogen) atoms. The number of aliphatic hydroxyl groups is 1. The van der Waals surface area contributed by atoms with Crippen molar-refractivity contribution in [3.05, 3.63) is 82.8 Å². The Labute approximate surface area is 196 Å². The average Bonchev–Trinajstić information content (AvgIpc) is 3.40. The van der Waals surface area contributed by atoms with E-state index in [1.54, 1.807) is 42.5 Å². The largest absolute Gasteiger partial charge is 0.507 e. The van der Waals surface area contributed by atoms with Crippen molar-refractivity contribution in [1.29, 1.82) is 0 Å². The van der Waals surface area contributed by atoms with Crippen LogP contribution in [0.1, 0.15) is 35.4 Å². The average molecular weight is 460 g/mol. The number of benzene rings is 2. The van der Waals surface area contributed by atoms with Crippen LogP contribution in [0.3, 0.4) is 0 Å². The Morgan fingerprint density at radius 1 is 1.12 bits per heavy atom. The summed E-state index contributed by atoms with van der Waals surface area (Å²) in [6, 6.07) is 12.4. The summed E-state index contributed by atoms with van der Waals surface area (Å²) < 4.78 is 11.1. The topological polar surface area (TPSA) is 109 Å². The van der Waals surface area contributed by atoms with Gasteiger partial charge in [-0.05, 0) is 67.4 Å². The highest BCUT2D eigenvalue weighted by atomic mass is 16.5. The summed E-state index contributed by atoms with van der Waals surface area (Å²) in [5.41, 5.74) is 2.80. The minimum Gasteiger partial charge on any atom is -0.507 e. The minimum absolute atomic E-state index is 0.103. The Kier molecular flexibility index (Phi) is 5.98. The van der Waals surface area contributed by atoms with Gasteiger partial charge in [-0.25, -0.2) is 0 Å². The summed E-state index contributed by atoms with van der Waals surface area (Å²) in [5.74, 6) is -1.50. The summed E-state index contributed by atoms with van der Waals surface area (Å²) in [6.07, 6.45) is 1.44. The highest BCUT2D eigenvalue weighted by Crippen LogP contribution is 2.44. The molecule has 8 heteroatoms. The van der Waals surface area contributed by atoms with E-state index >= 15 is 0 Å². The maximum atomic E-state index is 13.2. The third-order valence-electron chi connectivity index (χ3n) is 5.60.